The van der Waals surface area contributed by atoms with Crippen molar-refractivity contribution in [2.75, 3.05) is 13.2 Å². The van der Waals surface area contributed by atoms with E-state index in [1.54, 1.807) is 18.2 Å². The van der Waals surface area contributed by atoms with Gasteiger partial charge in [0.15, 0.2) is 6.61 Å². The van der Waals surface area contributed by atoms with E-state index in [-0.39, 0.29) is 25.2 Å². The van der Waals surface area contributed by atoms with Gasteiger partial charge in [-0.2, -0.15) is 0 Å². The van der Waals surface area contributed by atoms with Gasteiger partial charge in [-0.15, -0.1) is 0 Å². The highest BCUT2D eigenvalue weighted by Crippen LogP contribution is 2.30. The molecule has 3 rings (SSSR count). The molecule has 0 aromatic heterocycles. The number of rotatable bonds is 5. The summed E-state index contributed by atoms with van der Waals surface area (Å²) in [6.45, 7) is 1.80. The molecular weight excluding hydrogens is 354 g/mol. The SMILES string of the molecule is C[C@H](NC(=O)COC(=O)[C@H]1COc2ccc(Cl)cc2C1)c1ccccc1. The zero-order valence-electron chi connectivity index (χ0n) is 14.4. The lowest BCUT2D eigenvalue weighted by Gasteiger charge is -2.24. The Bertz CT molecular complexity index is 794. The topological polar surface area (TPSA) is 64.6 Å². The molecule has 26 heavy (non-hydrogen) atoms. The van der Waals surface area contributed by atoms with Crippen LogP contribution in [-0.4, -0.2) is 25.1 Å². The van der Waals surface area contributed by atoms with Crippen LogP contribution in [0.4, 0.5) is 0 Å². The molecular formula is C20H20ClNO4. The molecule has 2 aromatic carbocycles. The molecule has 1 aliphatic rings. The third kappa shape index (κ3) is 4.55. The van der Waals surface area contributed by atoms with E-state index in [9.17, 15) is 9.59 Å². The minimum absolute atomic E-state index is 0.158. The Hall–Kier alpha value is -2.53. The maximum Gasteiger partial charge on any atom is 0.313 e. The average molecular weight is 374 g/mol. The normalized spacial score (nSPS) is 16.8. The van der Waals surface area contributed by atoms with Gasteiger partial charge in [0, 0.05) is 5.02 Å². The van der Waals surface area contributed by atoms with Crippen LogP contribution in [0.3, 0.4) is 0 Å². The van der Waals surface area contributed by atoms with Gasteiger partial charge in [-0.25, -0.2) is 0 Å². The largest absolute Gasteiger partial charge is 0.492 e. The smallest absolute Gasteiger partial charge is 0.313 e. The summed E-state index contributed by atoms with van der Waals surface area (Å²) in [5.74, 6) is -0.499. The van der Waals surface area contributed by atoms with Gasteiger partial charge >= 0.3 is 5.97 Å². The number of carbonyl (C=O) groups excluding carboxylic acids is 2. The fourth-order valence-corrected chi connectivity index (χ4v) is 3.07. The fraction of sp³-hybridized carbons (Fsp3) is 0.300. The van der Waals surface area contributed by atoms with Crippen molar-refractivity contribution >= 4 is 23.5 Å². The van der Waals surface area contributed by atoms with Crippen LogP contribution in [-0.2, 0) is 20.7 Å². The number of amides is 1. The molecule has 1 aliphatic heterocycles. The van der Waals surface area contributed by atoms with Crippen molar-refractivity contribution in [1.82, 2.24) is 5.32 Å². The summed E-state index contributed by atoms with van der Waals surface area (Å²) in [7, 11) is 0. The number of fused-ring (bicyclic) bond motifs is 1. The van der Waals surface area contributed by atoms with Crippen molar-refractivity contribution in [2.45, 2.75) is 19.4 Å². The molecule has 136 valence electrons. The van der Waals surface area contributed by atoms with Gasteiger partial charge < -0.3 is 14.8 Å². The average Bonchev–Trinajstić information content (AvgIpc) is 2.66. The number of ether oxygens (including phenoxy) is 2. The Morgan fingerprint density at radius 2 is 2.04 bits per heavy atom. The van der Waals surface area contributed by atoms with Crippen LogP contribution < -0.4 is 10.1 Å². The van der Waals surface area contributed by atoms with E-state index in [4.69, 9.17) is 21.1 Å². The zero-order valence-corrected chi connectivity index (χ0v) is 15.2. The van der Waals surface area contributed by atoms with Gasteiger partial charge in [0.05, 0.1) is 12.0 Å². The summed E-state index contributed by atoms with van der Waals surface area (Å²) in [6, 6.07) is 14.7. The summed E-state index contributed by atoms with van der Waals surface area (Å²) < 4.78 is 10.7. The molecule has 0 saturated heterocycles. The number of esters is 1. The highest BCUT2D eigenvalue weighted by atomic mass is 35.5. The van der Waals surface area contributed by atoms with E-state index in [0.717, 1.165) is 16.9 Å². The molecule has 0 aliphatic carbocycles. The van der Waals surface area contributed by atoms with Gasteiger partial charge in [0.1, 0.15) is 12.4 Å². The third-order valence-corrected chi connectivity index (χ3v) is 4.52. The molecule has 2 atom stereocenters. The minimum atomic E-state index is -0.446. The maximum absolute atomic E-state index is 12.2. The Balaban J connectivity index is 1.49. The molecule has 1 amide bonds. The minimum Gasteiger partial charge on any atom is -0.492 e. The van der Waals surface area contributed by atoms with Gasteiger partial charge in [-0.3, -0.25) is 9.59 Å². The molecule has 6 heteroatoms. The lowest BCUT2D eigenvalue weighted by molar-refractivity contribution is -0.154. The van der Waals surface area contributed by atoms with Crippen molar-refractivity contribution in [2.24, 2.45) is 5.92 Å². The molecule has 0 saturated carbocycles. The highest BCUT2D eigenvalue weighted by molar-refractivity contribution is 6.30. The zero-order chi connectivity index (χ0) is 18.5. The Kier molecular flexibility index (Phi) is 5.78. The van der Waals surface area contributed by atoms with Crippen molar-refractivity contribution in [3.05, 3.63) is 64.7 Å². The van der Waals surface area contributed by atoms with Crippen LogP contribution in [0.5, 0.6) is 5.75 Å². The number of benzene rings is 2. The number of halogens is 1. The first-order chi connectivity index (χ1) is 12.5. The van der Waals surface area contributed by atoms with E-state index in [2.05, 4.69) is 5.32 Å². The number of carbonyl (C=O) groups is 2. The predicted molar refractivity (Wildman–Crippen MR) is 98.1 cm³/mol. The van der Waals surface area contributed by atoms with Crippen LogP contribution in [0, 0.1) is 5.92 Å². The molecule has 1 N–H and O–H groups in total. The van der Waals surface area contributed by atoms with Gasteiger partial charge in [-0.05, 0) is 42.7 Å². The van der Waals surface area contributed by atoms with Crippen LogP contribution >= 0.6 is 11.6 Å². The molecule has 0 fully saturated rings. The van der Waals surface area contributed by atoms with Gasteiger partial charge in [-0.1, -0.05) is 41.9 Å². The van der Waals surface area contributed by atoms with Crippen LogP contribution in [0.25, 0.3) is 0 Å². The molecule has 0 unspecified atom stereocenters. The standard InChI is InChI=1S/C20H20ClNO4/c1-13(14-5-3-2-4-6-14)22-19(23)12-26-20(24)16-9-15-10-17(21)7-8-18(15)25-11-16/h2-8,10,13,16H,9,11-12H2,1H3,(H,22,23)/t13-,16+/m0/s1. The first kappa shape index (κ1) is 18.3. The summed E-state index contributed by atoms with van der Waals surface area (Å²) in [5.41, 5.74) is 1.86. The fourth-order valence-electron chi connectivity index (χ4n) is 2.88. The monoisotopic (exact) mass is 373 g/mol. The second kappa shape index (κ2) is 8.23. The first-order valence-electron chi connectivity index (χ1n) is 8.45. The number of hydrogen-bond donors (Lipinski definition) is 1. The first-order valence-corrected chi connectivity index (χ1v) is 8.83. The Morgan fingerprint density at radius 1 is 1.27 bits per heavy atom. The second-order valence-electron chi connectivity index (χ2n) is 6.27. The molecule has 0 radical (unpaired) electrons. The number of hydrogen-bond acceptors (Lipinski definition) is 4. The van der Waals surface area contributed by atoms with E-state index < -0.39 is 11.9 Å². The summed E-state index contributed by atoms with van der Waals surface area (Å²) in [5, 5.41) is 3.41. The molecule has 0 spiro atoms. The Morgan fingerprint density at radius 3 is 2.81 bits per heavy atom. The quantitative estimate of drug-likeness (QED) is 0.816. The van der Waals surface area contributed by atoms with Crippen molar-refractivity contribution in [3.8, 4) is 5.75 Å². The lowest BCUT2D eigenvalue weighted by atomic mass is 9.97. The molecule has 2 aromatic rings. The van der Waals surface area contributed by atoms with E-state index in [1.807, 2.05) is 37.3 Å². The van der Waals surface area contributed by atoms with Crippen LogP contribution in [0.1, 0.15) is 24.1 Å². The highest BCUT2D eigenvalue weighted by Gasteiger charge is 2.28. The second-order valence-corrected chi connectivity index (χ2v) is 6.71. The molecule has 5 nitrogen and oxygen atoms in total. The van der Waals surface area contributed by atoms with Gasteiger partial charge in [0.2, 0.25) is 0 Å². The summed E-state index contributed by atoms with van der Waals surface area (Å²) in [4.78, 5) is 24.3. The summed E-state index contributed by atoms with van der Waals surface area (Å²) >= 11 is 5.98. The van der Waals surface area contributed by atoms with E-state index >= 15 is 0 Å². The summed E-state index contributed by atoms with van der Waals surface area (Å²) in [6.07, 6.45) is 0.483. The molecule has 1 heterocycles. The number of nitrogens with one attached hydrogen (secondary N) is 1. The third-order valence-electron chi connectivity index (χ3n) is 4.28. The van der Waals surface area contributed by atoms with Crippen molar-refractivity contribution < 1.29 is 19.1 Å². The van der Waals surface area contributed by atoms with E-state index in [1.165, 1.54) is 0 Å². The van der Waals surface area contributed by atoms with E-state index in [0.29, 0.717) is 11.4 Å². The lowest BCUT2D eigenvalue weighted by Crippen LogP contribution is -2.34. The molecule has 0 bridgehead atoms. The van der Waals surface area contributed by atoms with Crippen LogP contribution in [0.2, 0.25) is 5.02 Å². The van der Waals surface area contributed by atoms with Gasteiger partial charge in [0.25, 0.3) is 5.91 Å². The predicted octanol–water partition coefficient (Wildman–Crippen LogP) is 3.31. The maximum atomic E-state index is 12.2. The van der Waals surface area contributed by atoms with Crippen molar-refractivity contribution in [1.29, 1.82) is 0 Å². The Labute approximate surface area is 157 Å². The van der Waals surface area contributed by atoms with Crippen LogP contribution in [0.15, 0.2) is 48.5 Å². The van der Waals surface area contributed by atoms with Crippen molar-refractivity contribution in [3.63, 3.8) is 0 Å².